The number of hydrogen-bond acceptors (Lipinski definition) is 3. The maximum absolute atomic E-state index is 11.6. The van der Waals surface area contributed by atoms with Crippen LogP contribution >= 0.6 is 0 Å². The molecule has 1 aliphatic carbocycles. The second-order valence-corrected chi connectivity index (χ2v) is 3.66. The van der Waals surface area contributed by atoms with Crippen molar-refractivity contribution in [3.8, 4) is 0 Å². The van der Waals surface area contributed by atoms with E-state index in [-0.39, 0.29) is 6.54 Å². The van der Waals surface area contributed by atoms with Crippen LogP contribution in [0.4, 0.5) is 13.2 Å². The Bertz CT molecular complexity index is 178. The Kier molecular flexibility index (Phi) is 3.74. The van der Waals surface area contributed by atoms with Gasteiger partial charge >= 0.3 is 6.18 Å². The molecular weight excluding hydrogens is 199 g/mol. The maximum atomic E-state index is 11.6. The molecule has 0 aromatic carbocycles. The van der Waals surface area contributed by atoms with E-state index in [4.69, 9.17) is 0 Å². The third-order valence-electron chi connectivity index (χ3n) is 2.27. The molecule has 1 aliphatic rings. The lowest BCUT2D eigenvalue weighted by Crippen LogP contribution is -2.39. The molecule has 0 radical (unpaired) electrons. The van der Waals surface area contributed by atoms with Crippen molar-refractivity contribution in [3.05, 3.63) is 0 Å². The molecule has 1 fully saturated rings. The molecule has 0 spiro atoms. The van der Waals surface area contributed by atoms with Crippen LogP contribution in [0.25, 0.3) is 0 Å². The molecule has 3 nitrogen and oxygen atoms in total. The van der Waals surface area contributed by atoms with Gasteiger partial charge in [-0.05, 0) is 12.8 Å². The normalized spacial score (nSPS) is 21.4. The number of nitrogens with one attached hydrogen (secondary N) is 1. The van der Waals surface area contributed by atoms with Gasteiger partial charge in [-0.15, -0.1) is 0 Å². The fourth-order valence-corrected chi connectivity index (χ4v) is 1.53. The Labute approximate surface area is 80.2 Å². The van der Waals surface area contributed by atoms with Crippen LogP contribution in [0.15, 0.2) is 0 Å². The summed E-state index contributed by atoms with van der Waals surface area (Å²) in [7, 11) is 0. The van der Waals surface area contributed by atoms with Gasteiger partial charge in [-0.3, -0.25) is 4.84 Å². The van der Waals surface area contributed by atoms with Gasteiger partial charge in [0.2, 0.25) is 0 Å². The van der Waals surface area contributed by atoms with Crippen LogP contribution < -0.4 is 5.48 Å². The molecular formula is C8H14F3NO2. The van der Waals surface area contributed by atoms with Crippen molar-refractivity contribution in [2.45, 2.75) is 37.5 Å². The molecule has 1 rings (SSSR count). The summed E-state index contributed by atoms with van der Waals surface area (Å²) in [6, 6.07) is 0. The number of rotatable bonds is 4. The van der Waals surface area contributed by atoms with Crippen LogP contribution in [-0.2, 0) is 4.84 Å². The van der Waals surface area contributed by atoms with E-state index in [1.54, 1.807) is 0 Å². The second-order valence-electron chi connectivity index (χ2n) is 3.66. The molecule has 1 saturated carbocycles. The summed E-state index contributed by atoms with van der Waals surface area (Å²) in [6.45, 7) is -1.27. The lowest BCUT2D eigenvalue weighted by molar-refractivity contribution is -0.193. The highest BCUT2D eigenvalue weighted by Crippen LogP contribution is 2.28. The smallest absolute Gasteiger partial charge is 0.388 e. The van der Waals surface area contributed by atoms with Crippen molar-refractivity contribution >= 4 is 0 Å². The van der Waals surface area contributed by atoms with Crippen molar-refractivity contribution < 1.29 is 23.1 Å². The van der Waals surface area contributed by atoms with Crippen LogP contribution in [0.5, 0.6) is 0 Å². The lowest BCUT2D eigenvalue weighted by atomic mass is 10.0. The SMILES string of the molecule is OC1(CNOCC(F)(F)F)CCCC1. The number of hydrogen-bond donors (Lipinski definition) is 2. The van der Waals surface area contributed by atoms with Gasteiger partial charge in [0.15, 0.2) is 6.61 Å². The minimum Gasteiger partial charge on any atom is -0.388 e. The molecule has 0 amide bonds. The molecule has 84 valence electrons. The molecule has 0 aromatic rings. The fourth-order valence-electron chi connectivity index (χ4n) is 1.53. The first-order valence-electron chi connectivity index (χ1n) is 4.55. The van der Waals surface area contributed by atoms with Gasteiger partial charge in [0, 0.05) is 6.54 Å². The van der Waals surface area contributed by atoms with Crippen LogP contribution in [0, 0.1) is 0 Å². The maximum Gasteiger partial charge on any atom is 0.413 e. The van der Waals surface area contributed by atoms with Gasteiger partial charge in [0.05, 0.1) is 5.60 Å². The zero-order chi connectivity index (χ0) is 10.7. The molecule has 0 heterocycles. The van der Waals surface area contributed by atoms with Gasteiger partial charge in [-0.1, -0.05) is 12.8 Å². The van der Waals surface area contributed by atoms with E-state index >= 15 is 0 Å². The average Bonchev–Trinajstić information content (AvgIpc) is 2.45. The van der Waals surface area contributed by atoms with E-state index in [1.165, 1.54) is 0 Å². The fraction of sp³-hybridized carbons (Fsp3) is 1.00. The van der Waals surface area contributed by atoms with Crippen molar-refractivity contribution in [2.75, 3.05) is 13.2 Å². The summed E-state index contributed by atoms with van der Waals surface area (Å²) in [6.07, 6.45) is -1.26. The molecule has 0 unspecified atom stereocenters. The van der Waals surface area contributed by atoms with Crippen molar-refractivity contribution in [1.29, 1.82) is 0 Å². The van der Waals surface area contributed by atoms with E-state index in [0.717, 1.165) is 12.8 Å². The van der Waals surface area contributed by atoms with Gasteiger partial charge in [-0.2, -0.15) is 18.7 Å². The third kappa shape index (κ3) is 4.26. The zero-order valence-electron chi connectivity index (χ0n) is 7.73. The van der Waals surface area contributed by atoms with E-state index in [9.17, 15) is 18.3 Å². The Morgan fingerprint density at radius 2 is 1.86 bits per heavy atom. The second kappa shape index (κ2) is 4.46. The third-order valence-corrected chi connectivity index (χ3v) is 2.27. The number of hydroxylamine groups is 1. The van der Waals surface area contributed by atoms with Crippen molar-refractivity contribution in [3.63, 3.8) is 0 Å². The van der Waals surface area contributed by atoms with E-state index in [2.05, 4.69) is 10.3 Å². The predicted octanol–water partition coefficient (Wildman–Crippen LogP) is 1.37. The quantitative estimate of drug-likeness (QED) is 0.547. The first-order chi connectivity index (χ1) is 6.41. The Hall–Kier alpha value is -0.330. The highest BCUT2D eigenvalue weighted by molar-refractivity contribution is 4.84. The molecule has 0 saturated heterocycles. The summed E-state index contributed by atoms with van der Waals surface area (Å²) in [5.74, 6) is 0. The summed E-state index contributed by atoms with van der Waals surface area (Å²) < 4.78 is 34.9. The standard InChI is InChI=1S/C8H14F3NO2/c9-8(10,11)6-14-12-5-7(13)3-1-2-4-7/h12-13H,1-6H2. The molecule has 0 atom stereocenters. The summed E-state index contributed by atoms with van der Waals surface area (Å²) in [5, 5.41) is 9.70. The molecule has 0 aliphatic heterocycles. The first kappa shape index (κ1) is 11.7. The van der Waals surface area contributed by atoms with E-state index in [1.807, 2.05) is 0 Å². The van der Waals surface area contributed by atoms with Gasteiger partial charge in [0.1, 0.15) is 0 Å². The van der Waals surface area contributed by atoms with E-state index in [0.29, 0.717) is 12.8 Å². The monoisotopic (exact) mass is 213 g/mol. The summed E-state index contributed by atoms with van der Waals surface area (Å²) >= 11 is 0. The topological polar surface area (TPSA) is 41.5 Å². The Morgan fingerprint density at radius 3 is 2.36 bits per heavy atom. The Morgan fingerprint density at radius 1 is 1.29 bits per heavy atom. The van der Waals surface area contributed by atoms with E-state index < -0.39 is 18.4 Å². The Balaban J connectivity index is 2.09. The lowest BCUT2D eigenvalue weighted by Gasteiger charge is -2.22. The molecule has 0 aromatic heterocycles. The highest BCUT2D eigenvalue weighted by atomic mass is 19.4. The molecule has 14 heavy (non-hydrogen) atoms. The largest absolute Gasteiger partial charge is 0.413 e. The van der Waals surface area contributed by atoms with Crippen LogP contribution in [0.1, 0.15) is 25.7 Å². The number of aliphatic hydroxyl groups is 1. The molecule has 2 N–H and O–H groups in total. The average molecular weight is 213 g/mol. The highest BCUT2D eigenvalue weighted by Gasteiger charge is 2.32. The van der Waals surface area contributed by atoms with Crippen LogP contribution in [0.3, 0.4) is 0 Å². The van der Waals surface area contributed by atoms with Crippen molar-refractivity contribution in [1.82, 2.24) is 5.48 Å². The van der Waals surface area contributed by atoms with Gasteiger partial charge < -0.3 is 5.11 Å². The minimum atomic E-state index is -4.33. The van der Waals surface area contributed by atoms with Crippen LogP contribution in [0.2, 0.25) is 0 Å². The van der Waals surface area contributed by atoms with Crippen molar-refractivity contribution in [2.24, 2.45) is 0 Å². The predicted molar refractivity (Wildman–Crippen MR) is 43.4 cm³/mol. The van der Waals surface area contributed by atoms with Crippen LogP contribution in [-0.4, -0.2) is 30.0 Å². The number of halogens is 3. The minimum absolute atomic E-state index is 0.0586. The van der Waals surface area contributed by atoms with Gasteiger partial charge in [-0.25, -0.2) is 0 Å². The van der Waals surface area contributed by atoms with Gasteiger partial charge in [0.25, 0.3) is 0 Å². The number of alkyl halides is 3. The molecule has 6 heteroatoms. The molecule has 0 bridgehead atoms. The zero-order valence-corrected chi connectivity index (χ0v) is 7.73. The summed E-state index contributed by atoms with van der Waals surface area (Å²) in [4.78, 5) is 4.19. The summed E-state index contributed by atoms with van der Waals surface area (Å²) in [5.41, 5.74) is 1.27. The first-order valence-corrected chi connectivity index (χ1v) is 4.55.